The molecule has 490 valence electrons. The first-order valence-corrected chi connectivity index (χ1v) is 32.1. The summed E-state index contributed by atoms with van der Waals surface area (Å²) in [6.07, 6.45) is 6.24. The quantitative estimate of drug-likeness (QED) is 0.0275. The van der Waals surface area contributed by atoms with Crippen molar-refractivity contribution in [3.63, 3.8) is 0 Å². The van der Waals surface area contributed by atoms with Crippen molar-refractivity contribution >= 4 is 75.2 Å². The van der Waals surface area contributed by atoms with Gasteiger partial charge in [0.2, 0.25) is 35.4 Å². The molecule has 0 bridgehead atoms. The van der Waals surface area contributed by atoms with Gasteiger partial charge in [-0.25, -0.2) is 18.7 Å². The lowest BCUT2D eigenvalue weighted by Crippen LogP contribution is -2.59. The summed E-state index contributed by atoms with van der Waals surface area (Å²) in [5.41, 5.74) is 1.29. The number of rotatable bonds is 29. The summed E-state index contributed by atoms with van der Waals surface area (Å²) in [5, 5.41) is 24.5. The van der Waals surface area contributed by atoms with E-state index < -0.39 is 83.0 Å². The third kappa shape index (κ3) is 20.9. The highest BCUT2D eigenvalue weighted by Gasteiger charge is 2.35. The molecule has 22 nitrogen and oxygen atoms in total. The number of aryl methyl sites for hydroxylation is 2. The first kappa shape index (κ1) is 69.8. The minimum absolute atomic E-state index is 0.00939. The summed E-state index contributed by atoms with van der Waals surface area (Å²) >= 11 is 0. The topological polar surface area (TPSA) is 276 Å². The number of amides is 6. The number of aromatic nitrogens is 5. The third-order valence-corrected chi connectivity index (χ3v) is 15.7. The number of carbonyl (C=O) groups excluding carboxylic acids is 9. The number of nitrogens with zero attached hydrogens (tertiary/aromatic N) is 6. The van der Waals surface area contributed by atoms with Crippen LogP contribution in [0, 0.1) is 5.92 Å². The van der Waals surface area contributed by atoms with E-state index in [4.69, 9.17) is 9.47 Å². The predicted octanol–water partition coefficient (Wildman–Crippen LogP) is 8.85. The molecule has 0 aliphatic carbocycles. The molecule has 3 aromatic heterocycles. The van der Waals surface area contributed by atoms with Gasteiger partial charge in [0.25, 0.3) is 0 Å². The maximum Gasteiger partial charge on any atom is 0.419 e. The second-order valence-electron chi connectivity index (χ2n) is 26.2. The Bertz CT molecular complexity index is 3490. The molecule has 1 aliphatic rings. The van der Waals surface area contributed by atoms with E-state index in [1.54, 1.807) is 125 Å². The Labute approximate surface area is 533 Å². The van der Waals surface area contributed by atoms with Crippen molar-refractivity contribution in [2.45, 2.75) is 214 Å². The normalized spacial score (nSPS) is 14.4. The van der Waals surface area contributed by atoms with Crippen LogP contribution in [-0.4, -0.2) is 137 Å². The van der Waals surface area contributed by atoms with E-state index in [0.29, 0.717) is 89.5 Å². The van der Waals surface area contributed by atoms with Gasteiger partial charge in [0.05, 0.1) is 22.8 Å². The Morgan fingerprint density at radius 1 is 0.571 bits per heavy atom. The Morgan fingerprint density at radius 2 is 1.05 bits per heavy atom. The average Bonchev–Trinajstić information content (AvgIpc) is 1.68. The number of unbranched alkanes of at least 4 members (excludes halogenated alkanes) is 2. The van der Waals surface area contributed by atoms with Crippen molar-refractivity contribution in [3.05, 3.63) is 120 Å². The largest absolute Gasteiger partial charge is 0.443 e. The molecular weight excluding hydrogens is 1160 g/mol. The highest BCUT2D eigenvalue weighted by Crippen LogP contribution is 2.26. The molecule has 0 spiro atoms. The van der Waals surface area contributed by atoms with Gasteiger partial charge in [0.1, 0.15) is 35.4 Å². The molecule has 0 radical (unpaired) electrons. The molecule has 1 aliphatic heterocycles. The number of likely N-dealkylation sites (tertiary alicyclic amines) is 1. The second-order valence-corrected chi connectivity index (χ2v) is 26.2. The molecule has 7 rings (SSSR count). The molecule has 5 atom stereocenters. The van der Waals surface area contributed by atoms with Gasteiger partial charge in [-0.3, -0.25) is 38.2 Å². The summed E-state index contributed by atoms with van der Waals surface area (Å²) in [5.74, 6) is -3.63. The van der Waals surface area contributed by atoms with Crippen LogP contribution in [-0.2, 0) is 75.3 Å². The van der Waals surface area contributed by atoms with Crippen LogP contribution in [0.3, 0.4) is 0 Å². The zero-order valence-electron chi connectivity index (χ0n) is 54.6. The Hall–Kier alpha value is -8.69. The highest BCUT2D eigenvalue weighted by atomic mass is 16.6. The summed E-state index contributed by atoms with van der Waals surface area (Å²) in [4.78, 5) is 130. The van der Waals surface area contributed by atoms with Crippen LogP contribution in [0.1, 0.15) is 163 Å². The fourth-order valence-corrected chi connectivity index (χ4v) is 11.1. The first-order valence-electron chi connectivity index (χ1n) is 32.1. The van der Waals surface area contributed by atoms with Gasteiger partial charge >= 0.3 is 12.2 Å². The predicted molar refractivity (Wildman–Crippen MR) is 347 cm³/mol. The zero-order valence-corrected chi connectivity index (χ0v) is 54.6. The van der Waals surface area contributed by atoms with Gasteiger partial charge in [-0.1, -0.05) is 106 Å². The number of para-hydroxylation sites is 2. The number of hydrogen-bond acceptors (Lipinski definition) is 13. The number of ketones is 1. The SMILES string of the molecule is CCCCC(NC(=O)CC(C)C)C(=O)NC(Cc1cc2ccccc2n1C(=O)OC(C)(C)C)C(=O)NC(CCCCn1cc(CCC(=O)N2CCCCC2)nn1)C(=O)NC(Cc1ccccc1)C(=O)NC(Cc1cc2ccccc2n1C(=O)OC(C)(C)C)C(C)=O. The smallest absolute Gasteiger partial charge is 0.419 e. The molecule has 5 N–H and O–H groups in total. The van der Waals surface area contributed by atoms with Gasteiger partial charge in [-0.2, -0.15) is 0 Å². The van der Waals surface area contributed by atoms with Gasteiger partial charge in [0, 0.05) is 86.5 Å². The third-order valence-electron chi connectivity index (χ3n) is 15.7. The van der Waals surface area contributed by atoms with Crippen molar-refractivity contribution in [2.24, 2.45) is 5.92 Å². The van der Waals surface area contributed by atoms with Crippen molar-refractivity contribution in [3.8, 4) is 0 Å². The fourth-order valence-electron chi connectivity index (χ4n) is 11.1. The van der Waals surface area contributed by atoms with Gasteiger partial charge in [0.15, 0.2) is 5.78 Å². The maximum absolute atomic E-state index is 15.4. The first-order chi connectivity index (χ1) is 43.2. The van der Waals surface area contributed by atoms with Crippen LogP contribution in [0.5, 0.6) is 0 Å². The number of ether oxygens (including phenoxy) is 2. The lowest BCUT2D eigenvalue weighted by molar-refractivity contribution is -0.135. The number of nitrogens with one attached hydrogen (secondary N) is 5. The Balaban J connectivity index is 1.21. The van der Waals surface area contributed by atoms with E-state index in [0.717, 1.165) is 32.4 Å². The molecule has 5 unspecified atom stereocenters. The summed E-state index contributed by atoms with van der Waals surface area (Å²) < 4.78 is 16.1. The average molecular weight is 1250 g/mol. The number of benzene rings is 3. The van der Waals surface area contributed by atoms with Crippen molar-refractivity contribution < 1.29 is 52.6 Å². The molecule has 1 saturated heterocycles. The van der Waals surface area contributed by atoms with Gasteiger partial charge < -0.3 is 41.0 Å². The van der Waals surface area contributed by atoms with Crippen LogP contribution in [0.4, 0.5) is 9.59 Å². The standard InChI is InChI=1S/C69H93N11O11/c1-11-12-29-53(70-60(82)38-45(2)3)62(84)74-57(43-52-41-49-28-18-20-32-59(49)80(52)67(89)91-69(8,9)10)65(87)71-54(30-21-24-37-78-44-50(75-76-78)33-34-61(83)77-35-22-14-23-36-77)63(85)73-56(39-47-25-15-13-16-26-47)64(86)72-55(46(4)81)42-51-40-48-27-17-19-31-58(48)79(51)66(88)90-68(5,6)7/h13,15-20,25-28,31-32,40-41,44-45,53-57H,11-12,14,21-24,29-30,33-39,42-43H2,1-10H3,(H,70,82)(H,71,87)(H,72,86)(H,73,85)(H,74,84). The zero-order chi connectivity index (χ0) is 66.0. The number of fused-ring (bicyclic) bond motifs is 2. The molecular formula is C69H93N11O11. The van der Waals surface area contributed by atoms with Gasteiger partial charge in [-0.15, -0.1) is 5.10 Å². The number of Topliss-reactive ketones (excluding diaryl/α,β-unsaturated/α-hetero) is 1. The van der Waals surface area contributed by atoms with E-state index in [9.17, 15) is 33.6 Å². The molecule has 1 fully saturated rings. The van der Waals surface area contributed by atoms with E-state index in [1.807, 2.05) is 43.9 Å². The molecule has 22 heteroatoms. The molecule has 4 heterocycles. The second kappa shape index (κ2) is 32.4. The number of piperidine rings is 1. The van der Waals surface area contributed by atoms with E-state index in [1.165, 1.54) is 16.1 Å². The van der Waals surface area contributed by atoms with Crippen LogP contribution in [0.15, 0.2) is 97.2 Å². The van der Waals surface area contributed by atoms with Crippen LogP contribution < -0.4 is 26.6 Å². The lowest BCUT2D eigenvalue weighted by atomic mass is 10.0. The minimum Gasteiger partial charge on any atom is -0.443 e. The number of carbonyl (C=O) groups is 9. The molecule has 3 aromatic carbocycles. The summed E-state index contributed by atoms with van der Waals surface area (Å²) in [6, 6.07) is 20.4. The molecule has 6 amide bonds. The summed E-state index contributed by atoms with van der Waals surface area (Å²) in [7, 11) is 0. The van der Waals surface area contributed by atoms with Crippen molar-refractivity contribution in [1.82, 2.24) is 55.6 Å². The number of hydrogen-bond donors (Lipinski definition) is 5. The molecule has 6 aromatic rings. The Morgan fingerprint density at radius 3 is 1.59 bits per heavy atom. The minimum atomic E-state index is -1.47. The fraction of sp³-hybridized carbons (Fsp3) is 0.522. The van der Waals surface area contributed by atoms with E-state index in [-0.39, 0.29) is 56.3 Å². The Kier molecular flexibility index (Phi) is 24.8. The summed E-state index contributed by atoms with van der Waals surface area (Å²) in [6.45, 7) is 19.4. The van der Waals surface area contributed by atoms with Crippen LogP contribution in [0.2, 0.25) is 0 Å². The maximum atomic E-state index is 15.4. The molecule has 0 saturated carbocycles. The van der Waals surface area contributed by atoms with Crippen molar-refractivity contribution in [2.75, 3.05) is 13.1 Å². The highest BCUT2D eigenvalue weighted by molar-refractivity contribution is 5.98. The van der Waals surface area contributed by atoms with Crippen LogP contribution in [0.25, 0.3) is 21.8 Å². The van der Waals surface area contributed by atoms with E-state index >= 15 is 9.59 Å². The monoisotopic (exact) mass is 1250 g/mol. The van der Waals surface area contributed by atoms with Crippen LogP contribution >= 0.6 is 0 Å². The van der Waals surface area contributed by atoms with E-state index in [2.05, 4.69) is 36.9 Å². The van der Waals surface area contributed by atoms with Crippen molar-refractivity contribution in [1.29, 1.82) is 0 Å². The lowest BCUT2D eigenvalue weighted by Gasteiger charge is -2.28. The molecule has 91 heavy (non-hydrogen) atoms. The van der Waals surface area contributed by atoms with Gasteiger partial charge in [-0.05, 0) is 129 Å².